The van der Waals surface area contributed by atoms with Crippen LogP contribution in [0.5, 0.6) is 5.75 Å². The number of hydrogen-bond donors (Lipinski definition) is 2. The van der Waals surface area contributed by atoms with Gasteiger partial charge in [-0.15, -0.1) is 0 Å². The minimum Gasteiger partial charge on any atom is -0.483 e. The fourth-order valence-corrected chi connectivity index (χ4v) is 11.5. The number of aryl methyl sites for hydroxylation is 1. The van der Waals surface area contributed by atoms with E-state index in [0.29, 0.717) is 41.5 Å². The maximum atomic E-state index is 15.1. The monoisotopic (exact) mass is 920 g/mol. The van der Waals surface area contributed by atoms with Gasteiger partial charge in [-0.05, 0) is 118 Å². The second-order valence-corrected chi connectivity index (χ2v) is 19.8. The zero-order valence-corrected chi connectivity index (χ0v) is 39.5. The van der Waals surface area contributed by atoms with Crippen molar-refractivity contribution in [2.75, 3.05) is 20.0 Å². The van der Waals surface area contributed by atoms with Gasteiger partial charge in [-0.3, -0.25) is 4.79 Å². The van der Waals surface area contributed by atoms with Crippen molar-refractivity contribution in [3.63, 3.8) is 0 Å². The number of aliphatic hydroxyl groups is 2. The molecule has 10 rings (SSSR count). The first-order valence-corrected chi connectivity index (χ1v) is 24.6. The Morgan fingerprint density at radius 3 is 2.35 bits per heavy atom. The van der Waals surface area contributed by atoms with Crippen LogP contribution < -0.4 is 10.4 Å². The molecule has 1 fully saturated rings. The summed E-state index contributed by atoms with van der Waals surface area (Å²) in [5.41, 5.74) is 6.25. The van der Waals surface area contributed by atoms with Crippen LogP contribution in [0.2, 0.25) is 0 Å². The molecule has 0 unspecified atom stereocenters. The molecule has 0 radical (unpaired) electrons. The average Bonchev–Trinajstić information content (AvgIpc) is 3.34. The number of rotatable bonds is 10. The third-order valence-corrected chi connectivity index (χ3v) is 15.2. The third-order valence-electron chi connectivity index (χ3n) is 15.2. The molecule has 1 aromatic heterocycles. The van der Waals surface area contributed by atoms with Crippen molar-refractivity contribution < 1.29 is 43.2 Å². The highest BCUT2D eigenvalue weighted by Crippen LogP contribution is 2.52. The summed E-state index contributed by atoms with van der Waals surface area (Å²) in [5.74, 6) is -1.31. The lowest BCUT2D eigenvalue weighted by Gasteiger charge is -2.50. The Morgan fingerprint density at radius 1 is 0.824 bits per heavy atom. The standard InChI is InChI=1S/C58H64O10/c1-36(2)47-24-19-37-17-20-40(21-18-37)48-25-22-42(41-14-10-13-39(30-41)29-38-11-6-4-7-12-38)31-45(48)33-51(61)65-54-52-50(68-58(3,55(54)67-56(47)62)46-15-8-5-9-16-46)26-23-43-32-49(57(63)66-53(43)52)44(27-28-59)34-64-35-60/h4,6-7,10-14,17-18,20-23,25-26,30,32,42,44-46,48,54-55,59-60H,5,8-9,15-16,19,24,27-29,31,33-35H2,1-3H3/t42-,44+,45-,48-,54+,55-,58-/m0/s1. The van der Waals surface area contributed by atoms with Gasteiger partial charge in [0.2, 0.25) is 0 Å². The molecule has 0 saturated heterocycles. The van der Waals surface area contributed by atoms with E-state index in [9.17, 15) is 19.8 Å². The molecule has 3 aliphatic heterocycles. The number of fused-ring (bicyclic) bond motifs is 11. The van der Waals surface area contributed by atoms with Crippen LogP contribution in [0.25, 0.3) is 11.0 Å². The molecule has 2 aliphatic carbocycles. The molecule has 10 nitrogen and oxygen atoms in total. The van der Waals surface area contributed by atoms with Gasteiger partial charge in [0.05, 0.1) is 12.2 Å². The number of hydrogen-bond acceptors (Lipinski definition) is 10. The van der Waals surface area contributed by atoms with E-state index in [2.05, 4.69) is 84.9 Å². The molecular formula is C58H64O10. The molecule has 68 heavy (non-hydrogen) atoms. The summed E-state index contributed by atoms with van der Waals surface area (Å²) in [5, 5.41) is 19.9. The predicted molar refractivity (Wildman–Crippen MR) is 260 cm³/mol. The number of esters is 2. The zero-order chi connectivity index (χ0) is 47.4. The van der Waals surface area contributed by atoms with Crippen LogP contribution in [0.3, 0.4) is 0 Å². The van der Waals surface area contributed by atoms with Crippen LogP contribution in [0.15, 0.2) is 130 Å². The van der Waals surface area contributed by atoms with Gasteiger partial charge in [-0.25, -0.2) is 9.59 Å². The Labute approximate surface area is 399 Å². The van der Waals surface area contributed by atoms with Crippen LogP contribution in [-0.4, -0.2) is 53.9 Å². The maximum absolute atomic E-state index is 15.1. The Balaban J connectivity index is 1.15. The summed E-state index contributed by atoms with van der Waals surface area (Å²) in [4.78, 5) is 44.0. The van der Waals surface area contributed by atoms with E-state index in [-0.39, 0.29) is 60.9 Å². The molecule has 0 spiro atoms. The van der Waals surface area contributed by atoms with Crippen LogP contribution in [0.4, 0.5) is 0 Å². The molecule has 7 atom stereocenters. The number of allylic oxidation sites excluding steroid dienone is 3. The van der Waals surface area contributed by atoms with E-state index in [4.69, 9.17) is 23.4 Å². The lowest BCUT2D eigenvalue weighted by Crippen LogP contribution is -2.58. The summed E-state index contributed by atoms with van der Waals surface area (Å²) in [6, 6.07) is 33.1. The van der Waals surface area contributed by atoms with Crippen LogP contribution in [0.1, 0.15) is 141 Å². The zero-order valence-electron chi connectivity index (χ0n) is 39.5. The highest BCUT2D eigenvalue weighted by molar-refractivity contribution is 5.90. The van der Waals surface area contributed by atoms with Crippen molar-refractivity contribution in [3.8, 4) is 5.75 Å². The van der Waals surface area contributed by atoms with Crippen molar-refractivity contribution in [1.82, 2.24) is 0 Å². The molecule has 4 heterocycles. The first-order chi connectivity index (χ1) is 33.0. The van der Waals surface area contributed by atoms with E-state index in [1.807, 2.05) is 39.0 Å². The van der Waals surface area contributed by atoms with Crippen molar-refractivity contribution >= 4 is 22.9 Å². The number of carbonyl (C=O) groups excluding carboxylic acids is 2. The lowest BCUT2D eigenvalue weighted by molar-refractivity contribution is -0.201. The fraction of sp³-hybridized carbons (Fsp3) is 0.431. The molecular weight excluding hydrogens is 857 g/mol. The molecule has 2 bridgehead atoms. The predicted octanol–water partition coefficient (Wildman–Crippen LogP) is 10.9. The molecule has 5 aliphatic rings. The van der Waals surface area contributed by atoms with E-state index in [0.717, 1.165) is 55.2 Å². The number of aliphatic hydroxyl groups excluding tert-OH is 2. The molecule has 5 aromatic rings. The van der Waals surface area contributed by atoms with Gasteiger partial charge in [-0.2, -0.15) is 0 Å². The quantitative estimate of drug-likeness (QED) is 0.0457. The molecule has 1 saturated carbocycles. The minimum atomic E-state index is -1.20. The number of carbonyl (C=O) groups is 2. The molecule has 356 valence electrons. The van der Waals surface area contributed by atoms with Crippen LogP contribution in [-0.2, 0) is 36.6 Å². The maximum Gasteiger partial charge on any atom is 0.339 e. The number of ether oxygens (including phenoxy) is 4. The molecule has 10 heteroatoms. The van der Waals surface area contributed by atoms with Gasteiger partial charge in [0.15, 0.2) is 12.2 Å². The van der Waals surface area contributed by atoms with Crippen molar-refractivity contribution in [1.29, 1.82) is 0 Å². The molecule has 2 N–H and O–H groups in total. The fourth-order valence-electron chi connectivity index (χ4n) is 11.5. The summed E-state index contributed by atoms with van der Waals surface area (Å²) < 4.78 is 32.3. The lowest BCUT2D eigenvalue weighted by atomic mass is 9.71. The minimum absolute atomic E-state index is 0.00656. The van der Waals surface area contributed by atoms with Gasteiger partial charge in [0.25, 0.3) is 0 Å². The highest BCUT2D eigenvalue weighted by Gasteiger charge is 2.56. The first kappa shape index (κ1) is 47.3. The summed E-state index contributed by atoms with van der Waals surface area (Å²) in [6.45, 7) is 5.06. The summed E-state index contributed by atoms with van der Waals surface area (Å²) in [7, 11) is 0. The van der Waals surface area contributed by atoms with Gasteiger partial charge < -0.3 is 33.6 Å². The second-order valence-electron chi connectivity index (χ2n) is 19.8. The van der Waals surface area contributed by atoms with Crippen LogP contribution >= 0.6 is 0 Å². The molecule has 4 aromatic carbocycles. The van der Waals surface area contributed by atoms with E-state index in [1.165, 1.54) is 16.7 Å². The number of benzene rings is 4. The summed E-state index contributed by atoms with van der Waals surface area (Å²) in [6.07, 6.45) is 9.87. The summed E-state index contributed by atoms with van der Waals surface area (Å²) >= 11 is 0. The van der Waals surface area contributed by atoms with Gasteiger partial charge >= 0.3 is 17.6 Å². The van der Waals surface area contributed by atoms with Crippen molar-refractivity contribution in [3.05, 3.63) is 170 Å². The Kier molecular flexibility index (Phi) is 14.5. The van der Waals surface area contributed by atoms with Crippen molar-refractivity contribution in [2.45, 2.75) is 127 Å². The Morgan fingerprint density at radius 2 is 1.60 bits per heavy atom. The largest absolute Gasteiger partial charge is 0.483 e. The van der Waals surface area contributed by atoms with E-state index in [1.54, 1.807) is 6.07 Å². The van der Waals surface area contributed by atoms with Crippen molar-refractivity contribution in [2.24, 2.45) is 11.8 Å². The third kappa shape index (κ3) is 10.0. The SMILES string of the molecule is CC(C)=C1CCc2ccc(cc2)[C@@H]2C=C[C@H](c3cccc(Cc4ccccc4)c3)C[C@H]2CC(=O)O[C@@H]2c3c(ccc4cc([C@H](CCO)COCO)c(=O)oc34)O[C@@](C)(C3CCCCC3)[C@H]2OC1=O. The topological polar surface area (TPSA) is 142 Å². The van der Waals surface area contributed by atoms with Gasteiger partial charge in [0.1, 0.15) is 23.7 Å². The van der Waals surface area contributed by atoms with Crippen LogP contribution in [0, 0.1) is 11.8 Å². The highest BCUT2D eigenvalue weighted by atomic mass is 16.6. The van der Waals surface area contributed by atoms with E-state index >= 15 is 4.79 Å². The van der Waals surface area contributed by atoms with Gasteiger partial charge in [0, 0.05) is 53.2 Å². The smallest absolute Gasteiger partial charge is 0.339 e. The van der Waals surface area contributed by atoms with E-state index < -0.39 is 48.1 Å². The first-order valence-electron chi connectivity index (χ1n) is 24.6. The molecule has 0 amide bonds. The van der Waals surface area contributed by atoms with Gasteiger partial charge in [-0.1, -0.05) is 116 Å². The Bertz CT molecular complexity index is 2710. The second kappa shape index (κ2) is 20.8. The Hall–Kier alpha value is -5.81. The average molecular weight is 921 g/mol. The normalized spacial score (nSPS) is 24.8.